The van der Waals surface area contributed by atoms with Gasteiger partial charge in [0.1, 0.15) is 5.82 Å². The average Bonchev–Trinajstić information content (AvgIpc) is 2.17. The molecule has 2 nitrogen and oxygen atoms in total. The summed E-state index contributed by atoms with van der Waals surface area (Å²) >= 11 is 0. The molecule has 1 aromatic carbocycles. The van der Waals surface area contributed by atoms with E-state index in [1.807, 2.05) is 19.9 Å². The van der Waals surface area contributed by atoms with Gasteiger partial charge in [-0.1, -0.05) is 12.1 Å². The minimum atomic E-state index is -0.600. The third kappa shape index (κ3) is 2.11. The van der Waals surface area contributed by atoms with E-state index in [1.165, 1.54) is 6.07 Å². The normalized spacial score (nSPS) is 11.8. The highest BCUT2D eigenvalue weighted by atomic mass is 19.1. The molecule has 1 rings (SSSR count). The standard InChI is InChI=1S/C11H16FNO/c1-11(2,14-3)9-5-4-8(7-13)6-10(9)12/h4-6H,7,13H2,1-3H3. The summed E-state index contributed by atoms with van der Waals surface area (Å²) in [7, 11) is 1.57. The van der Waals surface area contributed by atoms with Crippen molar-refractivity contribution in [1.29, 1.82) is 0 Å². The topological polar surface area (TPSA) is 35.2 Å². The zero-order valence-electron chi connectivity index (χ0n) is 8.80. The molecule has 0 heterocycles. The number of ether oxygens (including phenoxy) is 1. The molecule has 0 saturated carbocycles. The van der Waals surface area contributed by atoms with Gasteiger partial charge in [0, 0.05) is 19.2 Å². The zero-order valence-corrected chi connectivity index (χ0v) is 8.80. The van der Waals surface area contributed by atoms with E-state index in [0.717, 1.165) is 5.56 Å². The Morgan fingerprint density at radius 3 is 2.50 bits per heavy atom. The Morgan fingerprint density at radius 2 is 2.07 bits per heavy atom. The Labute approximate surface area is 83.9 Å². The average molecular weight is 197 g/mol. The number of benzene rings is 1. The molecule has 0 aliphatic rings. The van der Waals surface area contributed by atoms with Crippen molar-refractivity contribution in [2.24, 2.45) is 5.73 Å². The molecule has 0 saturated heterocycles. The lowest BCUT2D eigenvalue weighted by Gasteiger charge is -2.24. The largest absolute Gasteiger partial charge is 0.374 e. The Balaban J connectivity index is 3.12. The first-order valence-electron chi connectivity index (χ1n) is 4.55. The fourth-order valence-corrected chi connectivity index (χ4v) is 1.28. The molecule has 0 spiro atoms. The van der Waals surface area contributed by atoms with Crippen molar-refractivity contribution >= 4 is 0 Å². The Morgan fingerprint density at radius 1 is 1.43 bits per heavy atom. The van der Waals surface area contributed by atoms with Gasteiger partial charge in [0.2, 0.25) is 0 Å². The van der Waals surface area contributed by atoms with Gasteiger partial charge in [-0.15, -0.1) is 0 Å². The summed E-state index contributed by atoms with van der Waals surface area (Å²) in [5, 5.41) is 0. The van der Waals surface area contributed by atoms with Crippen LogP contribution in [0.5, 0.6) is 0 Å². The molecule has 2 N–H and O–H groups in total. The van der Waals surface area contributed by atoms with Crippen LogP contribution in [0.2, 0.25) is 0 Å². The quantitative estimate of drug-likeness (QED) is 0.806. The Bertz CT molecular complexity index is 323. The maximum Gasteiger partial charge on any atom is 0.129 e. The van der Waals surface area contributed by atoms with Crippen molar-refractivity contribution in [3.63, 3.8) is 0 Å². The zero-order chi connectivity index (χ0) is 10.8. The molecule has 0 radical (unpaired) electrons. The van der Waals surface area contributed by atoms with E-state index >= 15 is 0 Å². The first-order valence-corrected chi connectivity index (χ1v) is 4.55. The van der Waals surface area contributed by atoms with Gasteiger partial charge in [-0.3, -0.25) is 0 Å². The third-order valence-corrected chi connectivity index (χ3v) is 2.43. The lowest BCUT2D eigenvalue weighted by molar-refractivity contribution is 0.0162. The smallest absolute Gasteiger partial charge is 0.129 e. The first-order chi connectivity index (χ1) is 6.51. The van der Waals surface area contributed by atoms with Gasteiger partial charge in [0.15, 0.2) is 0 Å². The molecule has 0 aromatic heterocycles. The van der Waals surface area contributed by atoms with Crippen LogP contribution in [0.1, 0.15) is 25.0 Å². The van der Waals surface area contributed by atoms with Crippen LogP contribution in [0.25, 0.3) is 0 Å². The lowest BCUT2D eigenvalue weighted by Crippen LogP contribution is -2.21. The first kappa shape index (κ1) is 11.1. The Hall–Kier alpha value is -0.930. The van der Waals surface area contributed by atoms with Gasteiger partial charge in [0.25, 0.3) is 0 Å². The van der Waals surface area contributed by atoms with E-state index in [4.69, 9.17) is 10.5 Å². The summed E-state index contributed by atoms with van der Waals surface area (Å²) in [6.07, 6.45) is 0. The van der Waals surface area contributed by atoms with Crippen molar-refractivity contribution in [1.82, 2.24) is 0 Å². The third-order valence-electron chi connectivity index (χ3n) is 2.43. The molecule has 0 amide bonds. The van der Waals surface area contributed by atoms with E-state index in [-0.39, 0.29) is 5.82 Å². The van der Waals surface area contributed by atoms with Gasteiger partial charge in [-0.25, -0.2) is 4.39 Å². The number of hydrogen-bond donors (Lipinski definition) is 1. The van der Waals surface area contributed by atoms with Crippen molar-refractivity contribution in [3.05, 3.63) is 35.1 Å². The van der Waals surface area contributed by atoms with Gasteiger partial charge < -0.3 is 10.5 Å². The van der Waals surface area contributed by atoms with Crippen LogP contribution in [0, 0.1) is 5.82 Å². The molecule has 0 fully saturated rings. The van der Waals surface area contributed by atoms with Crippen LogP contribution >= 0.6 is 0 Å². The summed E-state index contributed by atoms with van der Waals surface area (Å²) in [4.78, 5) is 0. The molecule has 14 heavy (non-hydrogen) atoms. The van der Waals surface area contributed by atoms with Gasteiger partial charge in [-0.05, 0) is 25.5 Å². The van der Waals surface area contributed by atoms with E-state index in [1.54, 1.807) is 13.2 Å². The summed E-state index contributed by atoms with van der Waals surface area (Å²) in [6, 6.07) is 5.00. The fourth-order valence-electron chi connectivity index (χ4n) is 1.28. The molecular formula is C11H16FNO. The summed E-state index contributed by atoms with van der Waals surface area (Å²) in [5.74, 6) is -0.264. The highest BCUT2D eigenvalue weighted by Gasteiger charge is 2.23. The van der Waals surface area contributed by atoms with Crippen LogP contribution in [0.15, 0.2) is 18.2 Å². The fraction of sp³-hybridized carbons (Fsp3) is 0.455. The number of hydrogen-bond acceptors (Lipinski definition) is 2. The second kappa shape index (κ2) is 4.07. The minimum absolute atomic E-state index is 0.264. The maximum absolute atomic E-state index is 13.6. The number of rotatable bonds is 3. The lowest BCUT2D eigenvalue weighted by atomic mass is 9.96. The molecule has 0 unspecified atom stereocenters. The molecule has 3 heteroatoms. The van der Waals surface area contributed by atoms with Gasteiger partial charge in [-0.2, -0.15) is 0 Å². The predicted molar refractivity (Wildman–Crippen MR) is 54.3 cm³/mol. The van der Waals surface area contributed by atoms with Crippen molar-refractivity contribution in [3.8, 4) is 0 Å². The van der Waals surface area contributed by atoms with E-state index in [0.29, 0.717) is 12.1 Å². The SMILES string of the molecule is COC(C)(C)c1ccc(CN)cc1F. The highest BCUT2D eigenvalue weighted by Crippen LogP contribution is 2.26. The predicted octanol–water partition coefficient (Wildman–Crippen LogP) is 2.17. The number of halogens is 1. The summed E-state index contributed by atoms with van der Waals surface area (Å²) in [5.41, 5.74) is 6.16. The van der Waals surface area contributed by atoms with Gasteiger partial charge >= 0.3 is 0 Å². The highest BCUT2D eigenvalue weighted by molar-refractivity contribution is 5.28. The van der Waals surface area contributed by atoms with Gasteiger partial charge in [0.05, 0.1) is 5.60 Å². The Kier molecular flexibility index (Phi) is 3.24. The molecule has 0 bridgehead atoms. The summed E-state index contributed by atoms with van der Waals surface area (Å²) < 4.78 is 18.8. The van der Waals surface area contributed by atoms with Crippen molar-refractivity contribution in [2.75, 3.05) is 7.11 Å². The van der Waals surface area contributed by atoms with E-state index in [2.05, 4.69) is 0 Å². The number of nitrogens with two attached hydrogens (primary N) is 1. The van der Waals surface area contributed by atoms with E-state index < -0.39 is 5.60 Å². The van der Waals surface area contributed by atoms with Crippen LogP contribution in [0.4, 0.5) is 4.39 Å². The molecular weight excluding hydrogens is 181 g/mol. The van der Waals surface area contributed by atoms with Crippen molar-refractivity contribution in [2.45, 2.75) is 26.0 Å². The monoisotopic (exact) mass is 197 g/mol. The van der Waals surface area contributed by atoms with Crippen LogP contribution < -0.4 is 5.73 Å². The second-order valence-corrected chi connectivity index (χ2v) is 3.73. The molecule has 78 valence electrons. The van der Waals surface area contributed by atoms with Crippen LogP contribution in [-0.4, -0.2) is 7.11 Å². The molecule has 0 aliphatic heterocycles. The van der Waals surface area contributed by atoms with Crippen LogP contribution in [0.3, 0.4) is 0 Å². The molecule has 1 aromatic rings. The molecule has 0 aliphatic carbocycles. The van der Waals surface area contributed by atoms with E-state index in [9.17, 15) is 4.39 Å². The second-order valence-electron chi connectivity index (χ2n) is 3.73. The maximum atomic E-state index is 13.6. The summed E-state index contributed by atoms with van der Waals surface area (Å²) in [6.45, 7) is 4.01. The van der Waals surface area contributed by atoms with Crippen LogP contribution in [-0.2, 0) is 16.9 Å². The molecule has 0 atom stereocenters. The minimum Gasteiger partial charge on any atom is -0.374 e. The number of methoxy groups -OCH3 is 1. The van der Waals surface area contributed by atoms with Crippen molar-refractivity contribution < 1.29 is 9.13 Å².